The first-order valence-electron chi connectivity index (χ1n) is 10.5. The molecule has 0 bridgehead atoms. The molecule has 172 valence electrons. The minimum Gasteiger partial charge on any atom is -0.326 e. The van der Waals surface area contributed by atoms with Crippen molar-refractivity contribution in [1.82, 2.24) is 15.3 Å². The minimum atomic E-state index is -1.04. The number of rotatable bonds is 7. The van der Waals surface area contributed by atoms with Crippen molar-refractivity contribution in [3.05, 3.63) is 102 Å². The third-order valence-electron chi connectivity index (χ3n) is 5.25. The smallest absolute Gasteiger partial charge is 0.269 e. The van der Waals surface area contributed by atoms with Gasteiger partial charge >= 0.3 is 0 Å². The summed E-state index contributed by atoms with van der Waals surface area (Å²) in [5.74, 6) is -1.77. The molecule has 34 heavy (non-hydrogen) atoms. The number of carbonyl (C=O) groups excluding carboxylic acids is 3. The van der Waals surface area contributed by atoms with E-state index in [1.54, 1.807) is 30.3 Å². The van der Waals surface area contributed by atoms with Gasteiger partial charge in [0, 0.05) is 11.3 Å². The number of anilines is 1. The average molecular weight is 477 g/mol. The quantitative estimate of drug-likeness (QED) is 0.510. The zero-order valence-corrected chi connectivity index (χ0v) is 18.8. The Hall–Kier alpha value is -4.11. The van der Waals surface area contributed by atoms with Crippen molar-refractivity contribution >= 4 is 40.7 Å². The van der Waals surface area contributed by atoms with Crippen LogP contribution < -0.4 is 10.7 Å². The van der Waals surface area contributed by atoms with Gasteiger partial charge in [0.05, 0.1) is 13.0 Å². The summed E-state index contributed by atoms with van der Waals surface area (Å²) in [5.41, 5.74) is 4.30. The van der Waals surface area contributed by atoms with Gasteiger partial charge in [0.1, 0.15) is 11.9 Å². The van der Waals surface area contributed by atoms with Crippen LogP contribution >= 0.6 is 12.2 Å². The van der Waals surface area contributed by atoms with Crippen molar-refractivity contribution in [2.45, 2.75) is 19.0 Å². The molecule has 1 unspecified atom stereocenters. The molecule has 3 aromatic carbocycles. The summed E-state index contributed by atoms with van der Waals surface area (Å²) in [6.45, 7) is 0.201. The number of hydrogen-bond donors (Lipinski definition) is 2. The van der Waals surface area contributed by atoms with Crippen molar-refractivity contribution in [2.24, 2.45) is 0 Å². The number of benzene rings is 3. The molecule has 0 saturated carbocycles. The third kappa shape index (κ3) is 5.26. The van der Waals surface area contributed by atoms with Crippen LogP contribution in [0.25, 0.3) is 0 Å². The van der Waals surface area contributed by atoms with Crippen LogP contribution in [0.15, 0.2) is 84.9 Å². The number of hydrogen-bond acceptors (Lipinski definition) is 4. The first-order valence-corrected chi connectivity index (χ1v) is 10.9. The van der Waals surface area contributed by atoms with E-state index >= 15 is 0 Å². The van der Waals surface area contributed by atoms with E-state index in [0.717, 1.165) is 5.56 Å². The molecule has 1 aliphatic rings. The van der Waals surface area contributed by atoms with Crippen LogP contribution in [-0.4, -0.2) is 38.8 Å². The Bertz CT molecular complexity index is 1210. The van der Waals surface area contributed by atoms with Crippen LogP contribution in [0.3, 0.4) is 0 Å². The lowest BCUT2D eigenvalue weighted by molar-refractivity contribution is -0.131. The van der Waals surface area contributed by atoms with E-state index in [1.807, 2.05) is 30.3 Å². The van der Waals surface area contributed by atoms with Crippen molar-refractivity contribution in [2.75, 3.05) is 5.32 Å². The van der Waals surface area contributed by atoms with E-state index in [1.165, 1.54) is 34.2 Å². The van der Waals surface area contributed by atoms with Crippen LogP contribution in [0.1, 0.15) is 22.3 Å². The zero-order valence-electron chi connectivity index (χ0n) is 18.0. The lowest BCUT2D eigenvalue weighted by atomic mass is 10.1. The summed E-state index contributed by atoms with van der Waals surface area (Å²) in [6.07, 6.45) is -0.267. The first kappa shape index (κ1) is 23.1. The van der Waals surface area contributed by atoms with Crippen LogP contribution in [-0.2, 0) is 16.1 Å². The summed E-state index contributed by atoms with van der Waals surface area (Å²) < 4.78 is 13.2. The van der Waals surface area contributed by atoms with Crippen molar-refractivity contribution in [3.63, 3.8) is 0 Å². The molecule has 1 heterocycles. The number of hydrazine groups is 1. The molecule has 0 radical (unpaired) electrons. The second kappa shape index (κ2) is 10.2. The molecule has 0 spiro atoms. The van der Waals surface area contributed by atoms with Gasteiger partial charge in [-0.25, -0.2) is 9.40 Å². The molecule has 0 aliphatic carbocycles. The molecule has 2 N–H and O–H groups in total. The lowest BCUT2D eigenvalue weighted by Crippen LogP contribution is -2.49. The number of thiocarbonyl (C=S) groups is 1. The van der Waals surface area contributed by atoms with Gasteiger partial charge in [-0.1, -0.05) is 48.5 Å². The topological polar surface area (TPSA) is 81.8 Å². The molecule has 4 rings (SSSR count). The van der Waals surface area contributed by atoms with Gasteiger partial charge < -0.3 is 5.32 Å². The lowest BCUT2D eigenvalue weighted by Gasteiger charge is -2.24. The largest absolute Gasteiger partial charge is 0.326 e. The van der Waals surface area contributed by atoms with Gasteiger partial charge in [-0.3, -0.25) is 24.7 Å². The summed E-state index contributed by atoms with van der Waals surface area (Å²) in [4.78, 5) is 40.2. The van der Waals surface area contributed by atoms with Gasteiger partial charge in [-0.05, 0) is 54.2 Å². The van der Waals surface area contributed by atoms with Gasteiger partial charge in [0.25, 0.3) is 11.8 Å². The Morgan fingerprint density at radius 2 is 1.53 bits per heavy atom. The molecule has 1 atom stereocenters. The molecule has 1 aliphatic heterocycles. The van der Waals surface area contributed by atoms with Crippen molar-refractivity contribution in [3.8, 4) is 0 Å². The first-order chi connectivity index (χ1) is 16.4. The Balaban J connectivity index is 1.55. The predicted octanol–water partition coefficient (Wildman–Crippen LogP) is 3.50. The zero-order chi connectivity index (χ0) is 24.1. The Kier molecular flexibility index (Phi) is 6.93. The van der Waals surface area contributed by atoms with Crippen molar-refractivity contribution < 1.29 is 18.8 Å². The Morgan fingerprint density at radius 3 is 2.18 bits per heavy atom. The summed E-state index contributed by atoms with van der Waals surface area (Å²) in [7, 11) is 0. The van der Waals surface area contributed by atoms with E-state index in [9.17, 15) is 18.8 Å². The molecule has 1 fully saturated rings. The normalized spacial score (nSPS) is 15.4. The van der Waals surface area contributed by atoms with E-state index in [0.29, 0.717) is 11.3 Å². The highest BCUT2D eigenvalue weighted by atomic mass is 32.1. The second-order valence-electron chi connectivity index (χ2n) is 7.64. The van der Waals surface area contributed by atoms with Gasteiger partial charge in [0.15, 0.2) is 5.11 Å². The van der Waals surface area contributed by atoms with E-state index in [2.05, 4.69) is 10.7 Å². The Labute approximate surface area is 201 Å². The summed E-state index contributed by atoms with van der Waals surface area (Å²) in [6, 6.07) is 22.0. The number of nitrogens with zero attached hydrogens (tertiary/aromatic N) is 2. The molecule has 1 saturated heterocycles. The van der Waals surface area contributed by atoms with E-state index in [4.69, 9.17) is 12.2 Å². The van der Waals surface area contributed by atoms with Gasteiger partial charge in [-0.15, -0.1) is 0 Å². The van der Waals surface area contributed by atoms with Gasteiger partial charge in [-0.2, -0.15) is 0 Å². The predicted molar refractivity (Wildman–Crippen MR) is 129 cm³/mol. The fourth-order valence-corrected chi connectivity index (χ4v) is 3.88. The maximum atomic E-state index is 13.3. The van der Waals surface area contributed by atoms with Crippen LogP contribution in [0.4, 0.5) is 10.1 Å². The van der Waals surface area contributed by atoms with Crippen LogP contribution in [0.2, 0.25) is 0 Å². The highest BCUT2D eigenvalue weighted by molar-refractivity contribution is 7.80. The van der Waals surface area contributed by atoms with Crippen molar-refractivity contribution in [1.29, 1.82) is 0 Å². The van der Waals surface area contributed by atoms with Gasteiger partial charge in [0.2, 0.25) is 5.91 Å². The van der Waals surface area contributed by atoms with Crippen LogP contribution in [0.5, 0.6) is 0 Å². The number of carbonyl (C=O) groups is 3. The second-order valence-corrected chi connectivity index (χ2v) is 8.01. The van der Waals surface area contributed by atoms with Crippen LogP contribution in [0, 0.1) is 5.82 Å². The number of halogens is 1. The highest BCUT2D eigenvalue weighted by Gasteiger charge is 2.44. The summed E-state index contributed by atoms with van der Waals surface area (Å²) >= 11 is 5.52. The fraction of sp³-hybridized carbons (Fsp3) is 0.120. The minimum absolute atomic E-state index is 0.0951. The number of nitrogens with one attached hydrogen (secondary N) is 2. The van der Waals surface area contributed by atoms with E-state index < -0.39 is 29.6 Å². The highest BCUT2D eigenvalue weighted by Crippen LogP contribution is 2.22. The standard InChI is InChI=1S/C25H21FN4O3S/c26-19-11-13-20(14-12-19)27-22(31)15-21-24(33)29(16-17-7-3-1-4-8-17)25(34)30(21)28-23(32)18-9-5-2-6-10-18/h1-14,21H,15-16H2,(H,27,31)(H,28,32). The molecule has 3 aromatic rings. The number of amides is 3. The summed E-state index contributed by atoms with van der Waals surface area (Å²) in [5, 5.41) is 4.00. The fourth-order valence-electron chi connectivity index (χ4n) is 3.55. The molecule has 3 amide bonds. The third-order valence-corrected chi connectivity index (χ3v) is 5.67. The Morgan fingerprint density at radius 1 is 0.912 bits per heavy atom. The average Bonchev–Trinajstić information content (AvgIpc) is 3.06. The molecule has 0 aromatic heterocycles. The maximum Gasteiger partial charge on any atom is 0.269 e. The molecular weight excluding hydrogens is 455 g/mol. The molecule has 9 heteroatoms. The van der Waals surface area contributed by atoms with E-state index in [-0.39, 0.29) is 18.1 Å². The molecular formula is C25H21FN4O3S. The monoisotopic (exact) mass is 476 g/mol. The molecule has 7 nitrogen and oxygen atoms in total. The SMILES string of the molecule is O=C(CC1C(=O)N(Cc2ccccc2)C(=S)N1NC(=O)c1ccccc1)Nc1ccc(F)cc1. The maximum absolute atomic E-state index is 13.3.